The van der Waals surface area contributed by atoms with E-state index in [0.29, 0.717) is 6.42 Å². The quantitative estimate of drug-likeness (QED) is 0.374. The maximum atomic E-state index is 9.08. The van der Waals surface area contributed by atoms with E-state index in [1.807, 2.05) is 19.1 Å². The molecule has 0 radical (unpaired) electrons. The third-order valence-electron chi connectivity index (χ3n) is 2.41. The van der Waals surface area contributed by atoms with Crippen LogP contribution >= 0.6 is 0 Å². The molecule has 0 unspecified atom stereocenters. The lowest BCUT2D eigenvalue weighted by Gasteiger charge is -2.33. The first-order valence-electron chi connectivity index (χ1n) is 3.92. The fourth-order valence-electron chi connectivity index (χ4n) is 1.33. The summed E-state index contributed by atoms with van der Waals surface area (Å²) in [5, 5.41) is 17.6. The summed E-state index contributed by atoms with van der Waals surface area (Å²) in [6.07, 6.45) is 4.01. The summed E-state index contributed by atoms with van der Waals surface area (Å²) < 4.78 is 0. The minimum absolute atomic E-state index is 0.0117. The maximum absolute atomic E-state index is 9.08. The van der Waals surface area contributed by atoms with Crippen molar-refractivity contribution in [2.45, 2.75) is 19.4 Å². The van der Waals surface area contributed by atoms with Crippen LogP contribution in [0.2, 0.25) is 0 Å². The predicted molar refractivity (Wildman–Crippen MR) is 45.6 cm³/mol. The van der Waals surface area contributed by atoms with Crippen LogP contribution in [-0.4, -0.2) is 23.1 Å². The van der Waals surface area contributed by atoms with Crippen LogP contribution < -0.4 is 0 Å². The highest BCUT2D eigenvalue weighted by molar-refractivity contribution is 5.26. The normalized spacial score (nSPS) is 35.6. The molecule has 0 aliphatic heterocycles. The van der Waals surface area contributed by atoms with E-state index >= 15 is 0 Å². The average molecular weight is 170 g/mol. The zero-order valence-corrected chi connectivity index (χ0v) is 7.16. The fourth-order valence-corrected chi connectivity index (χ4v) is 1.33. The van der Waals surface area contributed by atoms with E-state index in [4.69, 9.17) is 10.4 Å². The van der Waals surface area contributed by atoms with Crippen LogP contribution in [0.25, 0.3) is 0 Å². The molecule has 3 heteroatoms. The van der Waals surface area contributed by atoms with Gasteiger partial charge in [-0.2, -0.15) is 0 Å². The van der Waals surface area contributed by atoms with E-state index in [-0.39, 0.29) is 12.7 Å². The molecule has 2 atom stereocenters. The highest BCUT2D eigenvalue weighted by atomic mass is 17.1. The van der Waals surface area contributed by atoms with Crippen LogP contribution in [0, 0.1) is 5.41 Å². The topological polar surface area (TPSA) is 49.7 Å². The summed E-state index contributed by atoms with van der Waals surface area (Å²) in [6.45, 7) is 5.64. The van der Waals surface area contributed by atoms with E-state index in [9.17, 15) is 0 Å². The minimum atomic E-state index is -0.453. The van der Waals surface area contributed by atoms with E-state index in [0.717, 1.165) is 5.57 Å². The Bertz CT molecular complexity index is 210. The molecular formula is C9H14O3. The molecule has 0 saturated carbocycles. The number of hydrogen-bond donors (Lipinski definition) is 2. The van der Waals surface area contributed by atoms with Gasteiger partial charge in [-0.25, -0.2) is 4.89 Å². The van der Waals surface area contributed by atoms with Gasteiger partial charge < -0.3 is 5.11 Å². The zero-order chi connectivity index (χ0) is 9.19. The van der Waals surface area contributed by atoms with E-state index in [1.54, 1.807) is 0 Å². The van der Waals surface area contributed by atoms with Crippen molar-refractivity contribution in [3.05, 3.63) is 24.3 Å². The summed E-state index contributed by atoms with van der Waals surface area (Å²) in [6, 6.07) is 0. The van der Waals surface area contributed by atoms with Crippen molar-refractivity contribution in [3.8, 4) is 0 Å². The number of hydrogen-bond acceptors (Lipinski definition) is 3. The monoisotopic (exact) mass is 170 g/mol. The molecule has 12 heavy (non-hydrogen) atoms. The van der Waals surface area contributed by atoms with Crippen molar-refractivity contribution < 1.29 is 15.3 Å². The van der Waals surface area contributed by atoms with Crippen molar-refractivity contribution in [2.24, 2.45) is 5.41 Å². The fraction of sp³-hybridized carbons (Fsp3) is 0.556. The molecule has 0 amide bonds. The highest BCUT2D eigenvalue weighted by Crippen LogP contribution is 2.35. The van der Waals surface area contributed by atoms with Gasteiger partial charge in [0.1, 0.15) is 6.10 Å². The van der Waals surface area contributed by atoms with Gasteiger partial charge in [-0.15, -0.1) is 0 Å². The molecule has 0 heterocycles. The Morgan fingerprint density at radius 1 is 1.83 bits per heavy atom. The lowest BCUT2D eigenvalue weighted by Crippen LogP contribution is -2.32. The molecule has 0 saturated heterocycles. The number of aliphatic hydroxyl groups excluding tert-OH is 1. The van der Waals surface area contributed by atoms with E-state index in [1.165, 1.54) is 0 Å². The summed E-state index contributed by atoms with van der Waals surface area (Å²) in [5.41, 5.74) is 0.265. The van der Waals surface area contributed by atoms with Gasteiger partial charge in [0.15, 0.2) is 0 Å². The Morgan fingerprint density at radius 2 is 2.50 bits per heavy atom. The Hall–Kier alpha value is -0.640. The lowest BCUT2D eigenvalue weighted by molar-refractivity contribution is -0.270. The van der Waals surface area contributed by atoms with E-state index in [2.05, 4.69) is 11.5 Å². The smallest absolute Gasteiger partial charge is 0.118 e. The molecule has 3 nitrogen and oxygen atoms in total. The molecule has 1 aliphatic rings. The summed E-state index contributed by atoms with van der Waals surface area (Å²) in [5.74, 6) is 0. The van der Waals surface area contributed by atoms with Crippen LogP contribution in [0.15, 0.2) is 24.3 Å². The van der Waals surface area contributed by atoms with Crippen LogP contribution in [0.1, 0.15) is 13.3 Å². The van der Waals surface area contributed by atoms with Crippen LogP contribution in [0.3, 0.4) is 0 Å². The summed E-state index contributed by atoms with van der Waals surface area (Å²) in [4.78, 5) is 4.24. The average Bonchev–Trinajstić information content (AvgIpc) is 2.10. The Balaban J connectivity index is 2.85. The van der Waals surface area contributed by atoms with Gasteiger partial charge in [0.25, 0.3) is 0 Å². The van der Waals surface area contributed by atoms with Crippen molar-refractivity contribution in [1.29, 1.82) is 0 Å². The first-order valence-corrected chi connectivity index (χ1v) is 3.92. The van der Waals surface area contributed by atoms with Gasteiger partial charge in [-0.05, 0) is 12.0 Å². The summed E-state index contributed by atoms with van der Waals surface area (Å²) in [7, 11) is 0. The van der Waals surface area contributed by atoms with Crippen LogP contribution in [0.5, 0.6) is 0 Å². The highest BCUT2D eigenvalue weighted by Gasteiger charge is 2.32. The standard InChI is InChI=1S/C9H14O3/c1-7-8(12-11)4-3-5-9(7,2)6-10/h3,5,8,10-11H,1,4,6H2,2H3/t8-,9+/m0/s1. The van der Waals surface area contributed by atoms with Crippen molar-refractivity contribution >= 4 is 0 Å². The molecule has 0 bridgehead atoms. The minimum Gasteiger partial charge on any atom is -0.395 e. The van der Waals surface area contributed by atoms with Gasteiger partial charge in [0.2, 0.25) is 0 Å². The maximum Gasteiger partial charge on any atom is 0.118 e. The predicted octanol–water partition coefficient (Wildman–Crippen LogP) is 1.36. The van der Waals surface area contributed by atoms with Crippen molar-refractivity contribution in [2.75, 3.05) is 6.61 Å². The zero-order valence-electron chi connectivity index (χ0n) is 7.16. The third kappa shape index (κ3) is 1.43. The first-order chi connectivity index (χ1) is 5.64. The second-order valence-electron chi connectivity index (χ2n) is 3.33. The Labute approximate surface area is 71.9 Å². The molecular weight excluding hydrogens is 156 g/mol. The van der Waals surface area contributed by atoms with Gasteiger partial charge in [0, 0.05) is 5.41 Å². The molecule has 0 aromatic carbocycles. The largest absolute Gasteiger partial charge is 0.395 e. The van der Waals surface area contributed by atoms with Crippen molar-refractivity contribution in [1.82, 2.24) is 0 Å². The molecule has 0 spiro atoms. The molecule has 0 aromatic rings. The molecule has 1 aliphatic carbocycles. The van der Waals surface area contributed by atoms with Gasteiger partial charge in [-0.3, -0.25) is 5.26 Å². The Morgan fingerprint density at radius 3 is 3.00 bits per heavy atom. The molecule has 1 rings (SSSR count). The molecule has 0 fully saturated rings. The third-order valence-corrected chi connectivity index (χ3v) is 2.41. The first kappa shape index (κ1) is 9.45. The molecule has 0 aromatic heterocycles. The van der Waals surface area contributed by atoms with Crippen LogP contribution in [0.4, 0.5) is 0 Å². The molecule has 68 valence electrons. The van der Waals surface area contributed by atoms with E-state index < -0.39 is 5.41 Å². The van der Waals surface area contributed by atoms with Crippen LogP contribution in [-0.2, 0) is 4.89 Å². The second-order valence-corrected chi connectivity index (χ2v) is 3.33. The second kappa shape index (κ2) is 3.39. The SMILES string of the molecule is C=C1[C@@H](OO)CC=C[C@]1(C)CO. The number of aliphatic hydroxyl groups is 1. The number of rotatable bonds is 2. The van der Waals surface area contributed by atoms with Crippen molar-refractivity contribution in [3.63, 3.8) is 0 Å². The lowest BCUT2D eigenvalue weighted by atomic mass is 9.76. The Kier molecular flexibility index (Phi) is 2.67. The van der Waals surface area contributed by atoms with Gasteiger partial charge in [-0.1, -0.05) is 25.7 Å². The molecule has 2 N–H and O–H groups in total. The van der Waals surface area contributed by atoms with Gasteiger partial charge >= 0.3 is 0 Å². The van der Waals surface area contributed by atoms with Gasteiger partial charge in [0.05, 0.1) is 6.61 Å². The summed E-state index contributed by atoms with van der Waals surface area (Å²) >= 11 is 0.